The predicted octanol–water partition coefficient (Wildman–Crippen LogP) is 3.58. The van der Waals surface area contributed by atoms with E-state index >= 15 is 0 Å². The Morgan fingerprint density at radius 1 is 1.29 bits per heavy atom. The Balaban J connectivity index is 1.93. The average Bonchev–Trinajstić information content (AvgIpc) is 3.28. The molecular formula is C18H25N3. The van der Waals surface area contributed by atoms with Crippen molar-refractivity contribution in [2.24, 2.45) is 5.92 Å². The molecule has 112 valence electrons. The zero-order valence-electron chi connectivity index (χ0n) is 13.3. The maximum atomic E-state index is 4.80. The standard InChI is InChI=1S/C18H25N3/c1-13(2)19-11-15-10-18(21(3)12-14-8-9-14)16-6-4-5-7-17(16)20-15/h4-7,10,13-14,19H,8-9,11-12H2,1-3H3. The van der Waals surface area contributed by atoms with Crippen LogP contribution in [0.5, 0.6) is 0 Å². The Labute approximate surface area is 127 Å². The topological polar surface area (TPSA) is 28.2 Å². The third kappa shape index (κ3) is 3.53. The molecule has 0 amide bonds. The Morgan fingerprint density at radius 2 is 2.05 bits per heavy atom. The third-order valence-electron chi connectivity index (χ3n) is 4.08. The highest BCUT2D eigenvalue weighted by Gasteiger charge is 2.23. The third-order valence-corrected chi connectivity index (χ3v) is 4.08. The smallest absolute Gasteiger partial charge is 0.0726 e. The van der Waals surface area contributed by atoms with Gasteiger partial charge < -0.3 is 10.2 Å². The number of para-hydroxylation sites is 1. The van der Waals surface area contributed by atoms with Gasteiger partial charge in [-0.15, -0.1) is 0 Å². The molecular weight excluding hydrogens is 258 g/mol. The molecule has 0 atom stereocenters. The van der Waals surface area contributed by atoms with Crippen LogP contribution < -0.4 is 10.2 Å². The number of benzene rings is 1. The molecule has 1 saturated carbocycles. The van der Waals surface area contributed by atoms with Crippen molar-refractivity contribution in [3.8, 4) is 0 Å². The number of fused-ring (bicyclic) bond motifs is 1. The number of rotatable bonds is 6. The molecule has 3 rings (SSSR count). The molecule has 0 unspecified atom stereocenters. The van der Waals surface area contributed by atoms with Gasteiger partial charge in [-0.25, -0.2) is 0 Å². The van der Waals surface area contributed by atoms with Gasteiger partial charge in [0.2, 0.25) is 0 Å². The fraction of sp³-hybridized carbons (Fsp3) is 0.500. The number of anilines is 1. The molecule has 0 aliphatic heterocycles. The monoisotopic (exact) mass is 283 g/mol. The van der Waals surface area contributed by atoms with Gasteiger partial charge in [-0.2, -0.15) is 0 Å². The molecule has 1 heterocycles. The van der Waals surface area contributed by atoms with Crippen molar-refractivity contribution in [3.05, 3.63) is 36.0 Å². The van der Waals surface area contributed by atoms with Crippen LogP contribution in [0.1, 0.15) is 32.4 Å². The summed E-state index contributed by atoms with van der Waals surface area (Å²) in [5.41, 5.74) is 3.53. The number of nitrogens with zero attached hydrogens (tertiary/aromatic N) is 2. The summed E-state index contributed by atoms with van der Waals surface area (Å²) in [6, 6.07) is 11.2. The highest BCUT2D eigenvalue weighted by atomic mass is 15.1. The van der Waals surface area contributed by atoms with E-state index in [9.17, 15) is 0 Å². The zero-order chi connectivity index (χ0) is 14.8. The van der Waals surface area contributed by atoms with Crippen LogP contribution in [0.25, 0.3) is 10.9 Å². The van der Waals surface area contributed by atoms with Crippen molar-refractivity contribution in [2.45, 2.75) is 39.3 Å². The van der Waals surface area contributed by atoms with Crippen LogP contribution in [0.4, 0.5) is 5.69 Å². The number of hydrogen-bond acceptors (Lipinski definition) is 3. The van der Waals surface area contributed by atoms with E-state index in [1.165, 1.54) is 23.9 Å². The van der Waals surface area contributed by atoms with Crippen molar-refractivity contribution in [1.29, 1.82) is 0 Å². The van der Waals surface area contributed by atoms with E-state index in [1.54, 1.807) is 0 Å². The molecule has 0 saturated heterocycles. The molecule has 1 fully saturated rings. The van der Waals surface area contributed by atoms with Gasteiger partial charge in [-0.05, 0) is 30.9 Å². The number of aromatic nitrogens is 1. The lowest BCUT2D eigenvalue weighted by atomic mass is 10.1. The van der Waals surface area contributed by atoms with Crippen molar-refractivity contribution < 1.29 is 0 Å². The minimum Gasteiger partial charge on any atom is -0.374 e. The summed E-state index contributed by atoms with van der Waals surface area (Å²) >= 11 is 0. The van der Waals surface area contributed by atoms with E-state index in [4.69, 9.17) is 4.98 Å². The van der Waals surface area contributed by atoms with E-state index in [1.807, 2.05) is 0 Å². The summed E-state index contributed by atoms with van der Waals surface area (Å²) < 4.78 is 0. The zero-order valence-corrected chi connectivity index (χ0v) is 13.3. The van der Waals surface area contributed by atoms with Crippen LogP contribution in [-0.2, 0) is 6.54 Å². The summed E-state index contributed by atoms with van der Waals surface area (Å²) in [4.78, 5) is 7.20. The predicted molar refractivity (Wildman–Crippen MR) is 89.7 cm³/mol. The first-order chi connectivity index (χ1) is 10.1. The normalized spacial score (nSPS) is 14.9. The molecule has 1 aliphatic carbocycles. The van der Waals surface area contributed by atoms with Gasteiger partial charge in [0.15, 0.2) is 0 Å². The highest BCUT2D eigenvalue weighted by molar-refractivity contribution is 5.91. The lowest BCUT2D eigenvalue weighted by molar-refractivity contribution is 0.582. The number of nitrogens with one attached hydrogen (secondary N) is 1. The quantitative estimate of drug-likeness (QED) is 0.878. The first-order valence-corrected chi connectivity index (χ1v) is 7.96. The van der Waals surface area contributed by atoms with Gasteiger partial charge in [0, 0.05) is 37.3 Å². The van der Waals surface area contributed by atoms with Crippen molar-refractivity contribution in [3.63, 3.8) is 0 Å². The number of pyridine rings is 1. The maximum absolute atomic E-state index is 4.80. The van der Waals surface area contributed by atoms with Crippen molar-refractivity contribution in [2.75, 3.05) is 18.5 Å². The van der Waals surface area contributed by atoms with E-state index in [2.05, 4.69) is 61.4 Å². The summed E-state index contributed by atoms with van der Waals surface area (Å²) in [5, 5.41) is 4.72. The summed E-state index contributed by atoms with van der Waals surface area (Å²) in [6.07, 6.45) is 2.77. The minimum atomic E-state index is 0.478. The molecule has 1 N–H and O–H groups in total. The second-order valence-corrected chi connectivity index (χ2v) is 6.51. The van der Waals surface area contributed by atoms with E-state index in [-0.39, 0.29) is 0 Å². The molecule has 0 bridgehead atoms. The first-order valence-electron chi connectivity index (χ1n) is 7.96. The minimum absolute atomic E-state index is 0.478. The molecule has 1 aromatic carbocycles. The Morgan fingerprint density at radius 3 is 2.76 bits per heavy atom. The van der Waals surface area contributed by atoms with Crippen LogP contribution in [0.2, 0.25) is 0 Å². The summed E-state index contributed by atoms with van der Waals surface area (Å²) in [7, 11) is 2.21. The van der Waals surface area contributed by atoms with E-state index < -0.39 is 0 Å². The van der Waals surface area contributed by atoms with Crippen molar-refractivity contribution in [1.82, 2.24) is 10.3 Å². The lowest BCUT2D eigenvalue weighted by Crippen LogP contribution is -2.24. The van der Waals surface area contributed by atoms with Gasteiger partial charge in [0.05, 0.1) is 11.2 Å². The summed E-state index contributed by atoms with van der Waals surface area (Å²) in [6.45, 7) is 6.32. The van der Waals surface area contributed by atoms with Gasteiger partial charge in [-0.3, -0.25) is 4.98 Å². The van der Waals surface area contributed by atoms with Crippen LogP contribution in [0.3, 0.4) is 0 Å². The fourth-order valence-electron chi connectivity index (χ4n) is 2.71. The van der Waals surface area contributed by atoms with Crippen LogP contribution in [0.15, 0.2) is 30.3 Å². The second-order valence-electron chi connectivity index (χ2n) is 6.51. The largest absolute Gasteiger partial charge is 0.374 e. The van der Waals surface area contributed by atoms with Crippen LogP contribution >= 0.6 is 0 Å². The van der Waals surface area contributed by atoms with Gasteiger partial charge in [-0.1, -0.05) is 32.0 Å². The fourth-order valence-corrected chi connectivity index (χ4v) is 2.71. The van der Waals surface area contributed by atoms with E-state index in [0.29, 0.717) is 6.04 Å². The van der Waals surface area contributed by atoms with Gasteiger partial charge in [0.1, 0.15) is 0 Å². The molecule has 1 aliphatic rings. The Bertz CT molecular complexity index is 617. The SMILES string of the molecule is CC(C)NCc1cc(N(C)CC2CC2)c2ccccc2n1. The van der Waals surface area contributed by atoms with Gasteiger partial charge >= 0.3 is 0 Å². The second kappa shape index (κ2) is 6.02. The Hall–Kier alpha value is -1.61. The summed E-state index contributed by atoms with van der Waals surface area (Å²) in [5.74, 6) is 0.888. The van der Waals surface area contributed by atoms with E-state index in [0.717, 1.165) is 30.2 Å². The molecule has 0 radical (unpaired) electrons. The highest BCUT2D eigenvalue weighted by Crippen LogP contribution is 2.33. The molecule has 1 aromatic heterocycles. The van der Waals surface area contributed by atoms with Crippen molar-refractivity contribution >= 4 is 16.6 Å². The van der Waals surface area contributed by atoms with Crippen LogP contribution in [0, 0.1) is 5.92 Å². The molecule has 21 heavy (non-hydrogen) atoms. The van der Waals surface area contributed by atoms with Gasteiger partial charge in [0.25, 0.3) is 0 Å². The molecule has 3 nitrogen and oxygen atoms in total. The molecule has 2 aromatic rings. The average molecular weight is 283 g/mol. The maximum Gasteiger partial charge on any atom is 0.0726 e. The van der Waals surface area contributed by atoms with Crippen LogP contribution in [-0.4, -0.2) is 24.6 Å². The number of hydrogen-bond donors (Lipinski definition) is 1. The first kappa shape index (κ1) is 14.3. The molecule has 0 spiro atoms. The lowest BCUT2D eigenvalue weighted by Gasteiger charge is -2.22. The Kier molecular flexibility index (Phi) is 4.11. The molecule has 3 heteroatoms.